The zero-order chi connectivity index (χ0) is 17.2. The molecule has 0 bridgehead atoms. The number of carbonyl (C=O) groups is 1. The summed E-state index contributed by atoms with van der Waals surface area (Å²) in [6.45, 7) is 5.73. The lowest BCUT2D eigenvalue weighted by Gasteiger charge is -2.28. The number of aryl methyl sites for hydroxylation is 1. The van der Waals surface area contributed by atoms with Crippen LogP contribution in [0.25, 0.3) is 5.65 Å². The molecule has 1 saturated heterocycles. The topological polar surface area (TPSA) is 74.6 Å². The van der Waals surface area contributed by atoms with E-state index in [4.69, 9.17) is 0 Å². The Bertz CT molecular complexity index is 896. The lowest BCUT2D eigenvalue weighted by Crippen LogP contribution is -2.43. The number of carbonyl (C=O) groups excluding carboxylic acids is 1. The van der Waals surface area contributed by atoms with Gasteiger partial charge in [0.2, 0.25) is 0 Å². The first-order chi connectivity index (χ1) is 12.2. The molecule has 3 aromatic heterocycles. The van der Waals surface area contributed by atoms with Gasteiger partial charge < -0.3 is 19.9 Å². The van der Waals surface area contributed by atoms with E-state index in [-0.39, 0.29) is 5.91 Å². The highest BCUT2D eigenvalue weighted by Crippen LogP contribution is 2.15. The minimum Gasteiger partial charge on any atom is -0.354 e. The van der Waals surface area contributed by atoms with E-state index in [1.54, 1.807) is 6.20 Å². The van der Waals surface area contributed by atoms with Gasteiger partial charge in [0.15, 0.2) is 0 Å². The predicted molar refractivity (Wildman–Crippen MR) is 97.2 cm³/mol. The number of imidazole rings is 1. The van der Waals surface area contributed by atoms with Gasteiger partial charge in [-0.1, -0.05) is 0 Å². The van der Waals surface area contributed by atoms with Crippen LogP contribution in [0.5, 0.6) is 0 Å². The molecule has 0 saturated carbocycles. The number of hydrogen-bond donors (Lipinski definition) is 2. The van der Waals surface area contributed by atoms with Crippen LogP contribution in [0.4, 0.5) is 11.5 Å². The molecule has 0 atom stereocenters. The van der Waals surface area contributed by atoms with Crippen LogP contribution in [0.1, 0.15) is 16.1 Å². The zero-order valence-corrected chi connectivity index (χ0v) is 14.1. The summed E-state index contributed by atoms with van der Waals surface area (Å²) in [5.41, 5.74) is 3.07. The fourth-order valence-corrected chi connectivity index (χ4v) is 3.00. The molecule has 0 aromatic carbocycles. The summed E-state index contributed by atoms with van der Waals surface area (Å²) in [7, 11) is 0. The minimum atomic E-state index is -0.171. The van der Waals surface area contributed by atoms with Crippen LogP contribution in [0.15, 0.2) is 42.9 Å². The molecule has 25 heavy (non-hydrogen) atoms. The molecule has 0 aliphatic carbocycles. The van der Waals surface area contributed by atoms with E-state index in [1.807, 2.05) is 48.0 Å². The molecule has 0 unspecified atom stereocenters. The summed E-state index contributed by atoms with van der Waals surface area (Å²) in [5.74, 6) is 0.740. The Labute approximate surface area is 145 Å². The Morgan fingerprint density at radius 3 is 2.76 bits per heavy atom. The average Bonchev–Trinajstić information content (AvgIpc) is 3.02. The molecule has 128 valence electrons. The predicted octanol–water partition coefficient (Wildman–Crippen LogP) is 1.70. The summed E-state index contributed by atoms with van der Waals surface area (Å²) in [6, 6.07) is 7.46. The Morgan fingerprint density at radius 1 is 1.16 bits per heavy atom. The second-order valence-corrected chi connectivity index (χ2v) is 6.16. The maximum Gasteiger partial charge on any atom is 0.257 e. The second kappa shape index (κ2) is 6.52. The van der Waals surface area contributed by atoms with Crippen molar-refractivity contribution in [2.24, 2.45) is 0 Å². The standard InChI is InChI=1S/C18H20N6O/c1-13-11-24-12-15(3-5-17(24)21-13)22-18(25)14-2-4-16(20-10-14)23-8-6-19-7-9-23/h2-5,10-12,19H,6-9H2,1H3,(H,22,25). The summed E-state index contributed by atoms with van der Waals surface area (Å²) < 4.78 is 1.90. The third-order valence-electron chi connectivity index (χ3n) is 4.28. The van der Waals surface area contributed by atoms with Crippen LogP contribution >= 0.6 is 0 Å². The lowest BCUT2D eigenvalue weighted by atomic mass is 10.2. The molecule has 4 heterocycles. The van der Waals surface area contributed by atoms with Gasteiger partial charge in [-0.15, -0.1) is 0 Å². The normalized spacial score (nSPS) is 14.7. The third-order valence-corrected chi connectivity index (χ3v) is 4.28. The number of hydrogen-bond acceptors (Lipinski definition) is 5. The third kappa shape index (κ3) is 3.32. The SMILES string of the molecule is Cc1cn2cc(NC(=O)c3ccc(N4CCNCC4)nc3)ccc2n1. The van der Waals surface area contributed by atoms with Crippen LogP contribution in [0.2, 0.25) is 0 Å². The highest BCUT2D eigenvalue weighted by atomic mass is 16.1. The lowest BCUT2D eigenvalue weighted by molar-refractivity contribution is 0.102. The van der Waals surface area contributed by atoms with Gasteiger partial charge in [0.25, 0.3) is 5.91 Å². The van der Waals surface area contributed by atoms with Gasteiger partial charge in [-0.3, -0.25) is 4.79 Å². The molecule has 1 fully saturated rings. The van der Waals surface area contributed by atoms with Crippen LogP contribution in [0, 0.1) is 6.92 Å². The molecule has 4 rings (SSSR count). The Balaban J connectivity index is 1.47. The molecular formula is C18H20N6O. The van der Waals surface area contributed by atoms with Gasteiger partial charge in [0, 0.05) is 44.8 Å². The van der Waals surface area contributed by atoms with Crippen LogP contribution in [-0.4, -0.2) is 46.5 Å². The maximum absolute atomic E-state index is 12.4. The molecule has 2 N–H and O–H groups in total. The number of nitrogens with zero attached hydrogens (tertiary/aromatic N) is 4. The first kappa shape index (κ1) is 15.6. The first-order valence-electron chi connectivity index (χ1n) is 8.37. The van der Waals surface area contributed by atoms with Crippen molar-refractivity contribution in [2.45, 2.75) is 6.92 Å². The first-order valence-corrected chi connectivity index (χ1v) is 8.37. The zero-order valence-electron chi connectivity index (χ0n) is 14.1. The van der Waals surface area contributed by atoms with E-state index < -0.39 is 0 Å². The van der Waals surface area contributed by atoms with Crippen molar-refractivity contribution < 1.29 is 4.79 Å². The van der Waals surface area contributed by atoms with Crippen LogP contribution in [0.3, 0.4) is 0 Å². The van der Waals surface area contributed by atoms with Gasteiger partial charge >= 0.3 is 0 Å². The van der Waals surface area contributed by atoms with E-state index in [0.29, 0.717) is 5.56 Å². The summed E-state index contributed by atoms with van der Waals surface area (Å²) in [5, 5.41) is 6.22. The van der Waals surface area contributed by atoms with Crippen molar-refractivity contribution in [3.8, 4) is 0 Å². The van der Waals surface area contributed by atoms with Crippen molar-refractivity contribution in [3.05, 3.63) is 54.1 Å². The van der Waals surface area contributed by atoms with Crippen LogP contribution in [-0.2, 0) is 0 Å². The molecule has 7 heteroatoms. The summed E-state index contributed by atoms with van der Waals surface area (Å²) in [4.78, 5) is 23.5. The largest absolute Gasteiger partial charge is 0.354 e. The number of amides is 1. The van der Waals surface area contributed by atoms with Gasteiger partial charge in [-0.2, -0.15) is 0 Å². The molecule has 3 aromatic rings. The second-order valence-electron chi connectivity index (χ2n) is 6.16. The van der Waals surface area contributed by atoms with E-state index >= 15 is 0 Å². The molecule has 1 aliphatic heterocycles. The summed E-state index contributed by atoms with van der Waals surface area (Å²) in [6.07, 6.45) is 5.41. The van der Waals surface area contributed by atoms with Crippen molar-refractivity contribution in [1.29, 1.82) is 0 Å². The molecule has 0 radical (unpaired) electrons. The number of nitrogens with one attached hydrogen (secondary N) is 2. The Morgan fingerprint density at radius 2 is 2.00 bits per heavy atom. The molecule has 1 amide bonds. The Kier molecular flexibility index (Phi) is 4.07. The fourth-order valence-electron chi connectivity index (χ4n) is 3.00. The number of fused-ring (bicyclic) bond motifs is 1. The number of piperazine rings is 1. The highest BCUT2D eigenvalue weighted by molar-refractivity contribution is 6.04. The van der Waals surface area contributed by atoms with E-state index in [2.05, 4.69) is 25.5 Å². The van der Waals surface area contributed by atoms with Gasteiger partial charge in [0.05, 0.1) is 16.9 Å². The van der Waals surface area contributed by atoms with Crippen LogP contribution < -0.4 is 15.5 Å². The highest BCUT2D eigenvalue weighted by Gasteiger charge is 2.13. The number of aromatic nitrogens is 3. The van der Waals surface area contributed by atoms with Crippen molar-refractivity contribution in [1.82, 2.24) is 19.7 Å². The van der Waals surface area contributed by atoms with E-state index in [0.717, 1.165) is 49.0 Å². The van der Waals surface area contributed by atoms with Gasteiger partial charge in [-0.25, -0.2) is 9.97 Å². The Hall–Kier alpha value is -2.93. The smallest absolute Gasteiger partial charge is 0.257 e. The summed E-state index contributed by atoms with van der Waals surface area (Å²) >= 11 is 0. The van der Waals surface area contributed by atoms with Crippen molar-refractivity contribution in [3.63, 3.8) is 0 Å². The van der Waals surface area contributed by atoms with Crippen molar-refractivity contribution in [2.75, 3.05) is 36.4 Å². The van der Waals surface area contributed by atoms with Gasteiger partial charge in [0.1, 0.15) is 11.5 Å². The number of anilines is 2. The number of rotatable bonds is 3. The van der Waals surface area contributed by atoms with Gasteiger partial charge in [-0.05, 0) is 31.2 Å². The minimum absolute atomic E-state index is 0.171. The quantitative estimate of drug-likeness (QED) is 0.761. The molecular weight excluding hydrogens is 316 g/mol. The maximum atomic E-state index is 12.4. The average molecular weight is 336 g/mol. The van der Waals surface area contributed by atoms with Crippen molar-refractivity contribution >= 4 is 23.1 Å². The molecule has 1 aliphatic rings. The fraction of sp³-hybridized carbons (Fsp3) is 0.278. The number of pyridine rings is 2. The van der Waals surface area contributed by atoms with E-state index in [1.165, 1.54) is 0 Å². The molecule has 0 spiro atoms. The molecule has 7 nitrogen and oxygen atoms in total. The monoisotopic (exact) mass is 336 g/mol. The van der Waals surface area contributed by atoms with E-state index in [9.17, 15) is 4.79 Å².